The SMILES string of the molecule is CC1(C)c2ccccc2-c2ccc(N(c3ccc(-c4ccccc4)cc3)c3ccc(-c4ccc5ccc6cccc7ccc4c5c67)cc3)cc21.c1ccc(-c2ccc(N(c3ccc(-c4ccccc4)cc3)c3ccc(-c4ccc5ccc6cccc7ccc4c5c67)cc3)cc2)cc1.c1ccc(-c2ccc(N(c3ccccc3)c3ccc(-c4ccc5ccc6cccc7ccc4c5c67)cc3)cc2)cc1. The molecule has 0 radical (unpaired) electrons. The van der Waals surface area contributed by atoms with E-state index in [-0.39, 0.29) is 5.41 Å². The average molecular weight is 1760 g/mol. The van der Waals surface area contributed by atoms with Crippen LogP contribution in [0.1, 0.15) is 25.0 Å². The zero-order chi connectivity index (χ0) is 91.7. The van der Waals surface area contributed by atoms with Crippen molar-refractivity contribution in [3.05, 3.63) is 539 Å². The Kier molecular flexibility index (Phi) is 20.7. The lowest BCUT2D eigenvalue weighted by atomic mass is 9.82. The maximum atomic E-state index is 2.41. The Bertz CT molecular complexity index is 8810. The third kappa shape index (κ3) is 14.8. The molecule has 27 rings (SSSR count). The number of benzene rings is 26. The third-order valence-electron chi connectivity index (χ3n) is 28.7. The first-order valence-electron chi connectivity index (χ1n) is 47.8. The molecule has 26 aromatic carbocycles. The molecule has 0 aromatic heterocycles. The Morgan fingerprint density at radius 1 is 0.130 bits per heavy atom. The summed E-state index contributed by atoms with van der Waals surface area (Å²) < 4.78 is 0. The van der Waals surface area contributed by atoms with Crippen LogP contribution in [0.4, 0.5) is 51.2 Å². The predicted molar refractivity (Wildman–Crippen MR) is 590 cm³/mol. The van der Waals surface area contributed by atoms with E-state index in [2.05, 4.69) is 556 Å². The highest BCUT2D eigenvalue weighted by molar-refractivity contribution is 6.28. The van der Waals surface area contributed by atoms with Gasteiger partial charge in [-0.3, -0.25) is 0 Å². The molecule has 0 saturated heterocycles. The number of anilines is 9. The van der Waals surface area contributed by atoms with Gasteiger partial charge in [0.1, 0.15) is 0 Å². The number of fused-ring (bicyclic) bond motifs is 3. The summed E-state index contributed by atoms with van der Waals surface area (Å²) in [6, 6.07) is 192. The molecule has 0 N–H and O–H groups in total. The summed E-state index contributed by atoms with van der Waals surface area (Å²) in [4.78, 5) is 7.07. The highest BCUT2D eigenvalue weighted by Gasteiger charge is 2.36. The molecular formula is C135H93N3. The summed E-state index contributed by atoms with van der Waals surface area (Å²) in [5, 5.41) is 23.6. The van der Waals surface area contributed by atoms with Crippen LogP contribution in [0.25, 0.3) is 186 Å². The Labute approximate surface area is 804 Å². The normalized spacial score (nSPS) is 12.0. The van der Waals surface area contributed by atoms with Gasteiger partial charge in [0.15, 0.2) is 0 Å². The molecule has 3 nitrogen and oxygen atoms in total. The first-order valence-corrected chi connectivity index (χ1v) is 47.8. The minimum atomic E-state index is -0.0797. The molecule has 648 valence electrons. The zero-order valence-electron chi connectivity index (χ0n) is 76.6. The second kappa shape index (κ2) is 34.7. The van der Waals surface area contributed by atoms with E-state index in [9.17, 15) is 0 Å². The van der Waals surface area contributed by atoms with Crippen molar-refractivity contribution < 1.29 is 0 Å². The van der Waals surface area contributed by atoms with Gasteiger partial charge in [-0.05, 0) is 306 Å². The quantitative estimate of drug-likeness (QED) is 0.0893. The van der Waals surface area contributed by atoms with Crippen molar-refractivity contribution in [1.82, 2.24) is 0 Å². The van der Waals surface area contributed by atoms with E-state index in [0.717, 1.165) is 51.2 Å². The van der Waals surface area contributed by atoms with Crippen LogP contribution in [0.5, 0.6) is 0 Å². The van der Waals surface area contributed by atoms with Crippen molar-refractivity contribution >= 4 is 148 Å². The topological polar surface area (TPSA) is 9.72 Å². The van der Waals surface area contributed by atoms with Crippen LogP contribution in [0.2, 0.25) is 0 Å². The fourth-order valence-corrected chi connectivity index (χ4v) is 21.8. The smallest absolute Gasteiger partial charge is 0.0465 e. The molecule has 0 spiro atoms. The van der Waals surface area contributed by atoms with E-state index in [1.165, 1.54) is 197 Å². The molecule has 1 aliphatic rings. The van der Waals surface area contributed by atoms with E-state index >= 15 is 0 Å². The van der Waals surface area contributed by atoms with Crippen molar-refractivity contribution in [2.75, 3.05) is 14.7 Å². The van der Waals surface area contributed by atoms with E-state index < -0.39 is 0 Å². The molecule has 26 aromatic rings. The summed E-state index contributed by atoms with van der Waals surface area (Å²) >= 11 is 0. The molecule has 0 atom stereocenters. The maximum absolute atomic E-state index is 2.41. The fraction of sp³-hybridized carbons (Fsp3) is 0.0222. The van der Waals surface area contributed by atoms with Crippen LogP contribution in [0.3, 0.4) is 0 Å². The lowest BCUT2D eigenvalue weighted by molar-refractivity contribution is 0.660. The summed E-state index contributed by atoms with van der Waals surface area (Å²) in [6.45, 7) is 4.71. The van der Waals surface area contributed by atoms with Gasteiger partial charge in [0.05, 0.1) is 0 Å². The fourth-order valence-electron chi connectivity index (χ4n) is 21.8. The summed E-state index contributed by atoms with van der Waals surface area (Å²) in [5.74, 6) is 0. The average Bonchev–Trinajstić information content (AvgIpc) is 1.36. The van der Waals surface area contributed by atoms with Crippen molar-refractivity contribution in [3.8, 4) is 89.0 Å². The predicted octanol–water partition coefficient (Wildman–Crippen LogP) is 38.1. The molecule has 0 fully saturated rings. The van der Waals surface area contributed by atoms with Crippen molar-refractivity contribution in [3.63, 3.8) is 0 Å². The Balaban J connectivity index is 0.000000110. The first-order chi connectivity index (χ1) is 68.2. The van der Waals surface area contributed by atoms with Crippen LogP contribution in [0, 0.1) is 0 Å². The first kappa shape index (κ1) is 82.2. The summed E-state index contributed by atoms with van der Waals surface area (Å²) in [5.41, 5.74) is 32.7. The zero-order valence-corrected chi connectivity index (χ0v) is 76.6. The van der Waals surface area contributed by atoms with Crippen LogP contribution in [0.15, 0.2) is 528 Å². The Morgan fingerprint density at radius 2 is 0.333 bits per heavy atom. The molecule has 0 bridgehead atoms. The van der Waals surface area contributed by atoms with E-state index in [0.29, 0.717) is 0 Å². The number of hydrogen-bond donors (Lipinski definition) is 0. The monoisotopic (exact) mass is 1760 g/mol. The third-order valence-corrected chi connectivity index (χ3v) is 28.7. The summed E-state index contributed by atoms with van der Waals surface area (Å²) in [6.07, 6.45) is 0. The van der Waals surface area contributed by atoms with Crippen molar-refractivity contribution in [2.45, 2.75) is 19.3 Å². The Morgan fingerprint density at radius 3 is 0.630 bits per heavy atom. The van der Waals surface area contributed by atoms with Gasteiger partial charge in [0, 0.05) is 56.6 Å². The molecule has 0 saturated carbocycles. The second-order valence-corrected chi connectivity index (χ2v) is 36.9. The molecule has 1 aliphatic carbocycles. The highest BCUT2D eigenvalue weighted by Crippen LogP contribution is 2.53. The van der Waals surface area contributed by atoms with E-state index in [1.807, 2.05) is 0 Å². The second-order valence-electron chi connectivity index (χ2n) is 36.9. The van der Waals surface area contributed by atoms with Gasteiger partial charge in [0.2, 0.25) is 0 Å². The lowest BCUT2D eigenvalue weighted by Gasteiger charge is -2.28. The van der Waals surface area contributed by atoms with E-state index in [1.54, 1.807) is 0 Å². The number of rotatable bonds is 16. The number of para-hydroxylation sites is 1. The van der Waals surface area contributed by atoms with Gasteiger partial charge < -0.3 is 14.7 Å². The van der Waals surface area contributed by atoms with Gasteiger partial charge in [-0.2, -0.15) is 0 Å². The van der Waals surface area contributed by atoms with Crippen LogP contribution in [-0.4, -0.2) is 0 Å². The van der Waals surface area contributed by atoms with Crippen molar-refractivity contribution in [1.29, 1.82) is 0 Å². The molecule has 0 unspecified atom stereocenters. The molecular weight excluding hydrogens is 1660 g/mol. The largest absolute Gasteiger partial charge is 0.311 e. The molecule has 0 amide bonds. The van der Waals surface area contributed by atoms with Crippen LogP contribution < -0.4 is 14.7 Å². The van der Waals surface area contributed by atoms with Crippen LogP contribution >= 0.6 is 0 Å². The van der Waals surface area contributed by atoms with Gasteiger partial charge in [-0.15, -0.1) is 0 Å². The van der Waals surface area contributed by atoms with Gasteiger partial charge in [-0.25, -0.2) is 0 Å². The summed E-state index contributed by atoms with van der Waals surface area (Å²) in [7, 11) is 0. The molecule has 138 heavy (non-hydrogen) atoms. The maximum Gasteiger partial charge on any atom is 0.0465 e. The minimum absolute atomic E-state index is 0.0797. The van der Waals surface area contributed by atoms with Crippen molar-refractivity contribution in [2.24, 2.45) is 0 Å². The Hall–Kier alpha value is -17.8. The van der Waals surface area contributed by atoms with Gasteiger partial charge in [-0.1, -0.05) is 432 Å². The standard InChI is InChI=1S/C49H35N.C46H31N.C40H27N/c1-49(2)45-14-7-6-13-42(45)43-30-27-40(31-46(43)49)50(38-23-17-33(18-24-38)32-9-4-3-5-10-32)39-25-19-34(20-26-39)41-28-21-37-16-15-35-11-8-12-36-22-29-44(41)48(37)47(35)36;1-3-8-32(9-4-1)34-16-24-40(25-17-34)47(41-26-18-35(19-27-41)33-10-5-2-6-11-33)42-28-20-36(21-29-42)43-30-22-39-15-14-37-12-7-13-38-23-31-44(43)46(39)45(37)38;1-3-8-28(9-4-1)29-16-22-35(23-17-29)41(34-12-5-2-6-13-34)36-24-18-30(19-25-36)37-26-20-33-15-14-31-10-7-11-32-21-27-38(37)40(33)39(31)32/h3-31H,1-2H3;1-31H;1-27H. The molecule has 3 heteroatoms. The lowest BCUT2D eigenvalue weighted by Crippen LogP contribution is -2.16. The number of hydrogen-bond acceptors (Lipinski definition) is 3. The van der Waals surface area contributed by atoms with Gasteiger partial charge in [0.25, 0.3) is 0 Å². The number of nitrogens with zero attached hydrogens (tertiary/aromatic N) is 3. The van der Waals surface area contributed by atoms with E-state index in [4.69, 9.17) is 0 Å². The molecule has 0 heterocycles. The molecule has 0 aliphatic heterocycles. The van der Waals surface area contributed by atoms with Gasteiger partial charge >= 0.3 is 0 Å². The highest BCUT2D eigenvalue weighted by atomic mass is 15.2. The van der Waals surface area contributed by atoms with Crippen LogP contribution in [-0.2, 0) is 5.41 Å². The minimum Gasteiger partial charge on any atom is -0.311 e.